The molecule has 1 N–H and O–H groups in total. The van der Waals surface area contributed by atoms with Crippen molar-refractivity contribution in [3.63, 3.8) is 0 Å². The fourth-order valence-electron chi connectivity index (χ4n) is 2.09. The molecule has 1 heterocycles. The van der Waals surface area contributed by atoms with Crippen LogP contribution in [0.25, 0.3) is 10.9 Å². The molecule has 4 nitrogen and oxygen atoms in total. The van der Waals surface area contributed by atoms with E-state index in [0.29, 0.717) is 13.1 Å². The number of alkyl halides is 1. The number of nitrogens with one attached hydrogen (secondary N) is 1. The number of aromatic nitrogens is 1. The third-order valence-corrected chi connectivity index (χ3v) is 3.97. The van der Waals surface area contributed by atoms with Gasteiger partial charge in [-0.25, -0.2) is 0 Å². The van der Waals surface area contributed by atoms with Gasteiger partial charge < -0.3 is 10.1 Å². The molecule has 0 radical (unpaired) electrons. The van der Waals surface area contributed by atoms with Gasteiger partial charge in [-0.15, -0.1) is 0 Å². The van der Waals surface area contributed by atoms with E-state index < -0.39 is 0 Å². The van der Waals surface area contributed by atoms with E-state index in [2.05, 4.69) is 45.0 Å². The Morgan fingerprint density at radius 1 is 1.45 bits per heavy atom. The number of hydrogen-bond acceptors (Lipinski definition) is 4. The molecule has 106 valence electrons. The molecular weight excluding hydrogens is 367 g/mol. The summed E-state index contributed by atoms with van der Waals surface area (Å²) in [6.07, 6.45) is 0. The fraction of sp³-hybridized carbons (Fsp3) is 0.333. The molecule has 0 aliphatic carbocycles. The minimum Gasteiger partial charge on any atom is -0.468 e. The van der Waals surface area contributed by atoms with Gasteiger partial charge in [0.2, 0.25) is 0 Å². The average Bonchev–Trinajstić information content (AvgIpc) is 2.45. The van der Waals surface area contributed by atoms with E-state index in [4.69, 9.17) is 4.74 Å². The lowest BCUT2D eigenvalue weighted by Gasteiger charge is -2.11. The normalized spacial score (nSPS) is 12.3. The summed E-state index contributed by atoms with van der Waals surface area (Å²) in [6, 6.07) is 10.2. The largest absolute Gasteiger partial charge is 0.468 e. The van der Waals surface area contributed by atoms with Gasteiger partial charge in [0.05, 0.1) is 12.6 Å². The predicted octanol–water partition coefficient (Wildman–Crippen LogP) is 2.61. The molecule has 0 amide bonds. The van der Waals surface area contributed by atoms with Crippen LogP contribution in [0.4, 0.5) is 0 Å². The van der Waals surface area contributed by atoms with Crippen molar-refractivity contribution in [2.45, 2.75) is 17.4 Å². The van der Waals surface area contributed by atoms with Gasteiger partial charge in [0.15, 0.2) is 0 Å². The summed E-state index contributed by atoms with van der Waals surface area (Å²) in [7, 11) is 1.41. The lowest BCUT2D eigenvalue weighted by Crippen LogP contribution is -2.29. The first-order valence-electron chi connectivity index (χ1n) is 6.39. The van der Waals surface area contributed by atoms with Crippen LogP contribution in [0.15, 0.2) is 30.3 Å². The molecule has 2 aromatic rings. The number of fused-ring (bicyclic) bond motifs is 1. The Balaban J connectivity index is 2.08. The Bertz CT molecular complexity index is 616. The number of benzene rings is 1. The summed E-state index contributed by atoms with van der Waals surface area (Å²) in [5.74, 6) is -0.200. The van der Waals surface area contributed by atoms with Crippen LogP contribution in [0, 0.1) is 6.92 Å². The van der Waals surface area contributed by atoms with Crippen molar-refractivity contribution in [2.75, 3.05) is 13.7 Å². The summed E-state index contributed by atoms with van der Waals surface area (Å²) in [6.45, 7) is 3.29. The van der Waals surface area contributed by atoms with Crippen LogP contribution in [0.5, 0.6) is 0 Å². The van der Waals surface area contributed by atoms with Crippen molar-refractivity contribution in [1.29, 1.82) is 0 Å². The summed E-state index contributed by atoms with van der Waals surface area (Å²) in [5.41, 5.74) is 3.20. The first kappa shape index (κ1) is 15.2. The summed E-state index contributed by atoms with van der Waals surface area (Å²) >= 11 is 2.09. The molecule has 2 rings (SSSR count). The molecule has 5 heteroatoms. The number of nitrogens with zero attached hydrogens (tertiary/aromatic N) is 1. The first-order chi connectivity index (χ1) is 9.61. The SMILES string of the molecule is COC(=O)C(I)CNCc1cc(C)nc2ccccc12. The van der Waals surface area contributed by atoms with E-state index in [9.17, 15) is 4.79 Å². The van der Waals surface area contributed by atoms with Gasteiger partial charge in [-0.1, -0.05) is 40.8 Å². The maximum atomic E-state index is 11.3. The Labute approximate surface area is 132 Å². The fourth-order valence-corrected chi connectivity index (χ4v) is 2.65. The Morgan fingerprint density at radius 3 is 2.95 bits per heavy atom. The lowest BCUT2D eigenvalue weighted by molar-refractivity contribution is -0.139. The van der Waals surface area contributed by atoms with E-state index >= 15 is 0 Å². The molecule has 0 fully saturated rings. The second-order valence-electron chi connectivity index (χ2n) is 4.56. The van der Waals surface area contributed by atoms with E-state index in [1.54, 1.807) is 0 Å². The van der Waals surface area contributed by atoms with Crippen LogP contribution in [0.2, 0.25) is 0 Å². The number of aryl methyl sites for hydroxylation is 1. The van der Waals surface area contributed by atoms with Gasteiger partial charge in [-0.05, 0) is 24.6 Å². The monoisotopic (exact) mass is 384 g/mol. The molecule has 0 saturated heterocycles. The number of pyridine rings is 1. The van der Waals surface area contributed by atoms with Crippen LogP contribution in [-0.2, 0) is 16.1 Å². The highest BCUT2D eigenvalue weighted by molar-refractivity contribution is 14.1. The van der Waals surface area contributed by atoms with E-state index in [0.717, 1.165) is 16.6 Å². The van der Waals surface area contributed by atoms with Crippen LogP contribution in [0.3, 0.4) is 0 Å². The van der Waals surface area contributed by atoms with Crippen LogP contribution in [0.1, 0.15) is 11.3 Å². The summed E-state index contributed by atoms with van der Waals surface area (Å²) in [4.78, 5) is 15.9. The van der Waals surface area contributed by atoms with E-state index in [1.807, 2.05) is 25.1 Å². The third-order valence-electron chi connectivity index (χ3n) is 3.03. The molecule has 0 aliphatic heterocycles. The molecule has 1 atom stereocenters. The maximum Gasteiger partial charge on any atom is 0.319 e. The van der Waals surface area contributed by atoms with E-state index in [1.165, 1.54) is 12.7 Å². The summed E-state index contributed by atoms with van der Waals surface area (Å²) < 4.78 is 4.53. The molecule has 1 aromatic carbocycles. The number of para-hydroxylation sites is 1. The molecule has 0 bridgehead atoms. The topological polar surface area (TPSA) is 51.2 Å². The highest BCUT2D eigenvalue weighted by Gasteiger charge is 2.14. The highest BCUT2D eigenvalue weighted by Crippen LogP contribution is 2.18. The van der Waals surface area contributed by atoms with Crippen LogP contribution in [-0.4, -0.2) is 28.5 Å². The van der Waals surface area contributed by atoms with Crippen molar-refractivity contribution >= 4 is 39.5 Å². The molecule has 0 aliphatic rings. The van der Waals surface area contributed by atoms with Gasteiger partial charge in [0.1, 0.15) is 3.92 Å². The number of halogens is 1. The average molecular weight is 384 g/mol. The van der Waals surface area contributed by atoms with Crippen LogP contribution >= 0.6 is 22.6 Å². The van der Waals surface area contributed by atoms with Crippen LogP contribution < -0.4 is 5.32 Å². The minimum absolute atomic E-state index is 0.174. The number of esters is 1. The van der Waals surface area contributed by atoms with Crippen molar-refractivity contribution in [3.05, 3.63) is 41.6 Å². The van der Waals surface area contributed by atoms with Gasteiger partial charge in [-0.2, -0.15) is 0 Å². The van der Waals surface area contributed by atoms with Gasteiger partial charge in [0, 0.05) is 24.2 Å². The Morgan fingerprint density at radius 2 is 2.20 bits per heavy atom. The molecule has 0 spiro atoms. The number of methoxy groups -OCH3 is 1. The van der Waals surface area contributed by atoms with E-state index in [-0.39, 0.29) is 9.89 Å². The number of carbonyl (C=O) groups is 1. The van der Waals surface area contributed by atoms with Crippen molar-refractivity contribution in [1.82, 2.24) is 10.3 Å². The number of carbonyl (C=O) groups excluding carboxylic acids is 1. The Hall–Kier alpha value is -1.21. The molecular formula is C15H17IN2O2. The maximum absolute atomic E-state index is 11.3. The molecule has 1 aromatic heterocycles. The third kappa shape index (κ3) is 3.67. The van der Waals surface area contributed by atoms with Crippen molar-refractivity contribution < 1.29 is 9.53 Å². The lowest BCUT2D eigenvalue weighted by atomic mass is 10.1. The number of ether oxygens (including phenoxy) is 1. The van der Waals surface area contributed by atoms with Gasteiger partial charge >= 0.3 is 5.97 Å². The van der Waals surface area contributed by atoms with Crippen molar-refractivity contribution in [2.24, 2.45) is 0 Å². The zero-order valence-corrected chi connectivity index (χ0v) is 13.7. The first-order valence-corrected chi connectivity index (χ1v) is 7.64. The van der Waals surface area contributed by atoms with Crippen molar-refractivity contribution in [3.8, 4) is 0 Å². The quantitative estimate of drug-likeness (QED) is 0.489. The zero-order chi connectivity index (χ0) is 14.5. The number of hydrogen-bond donors (Lipinski definition) is 1. The minimum atomic E-state index is -0.200. The van der Waals surface area contributed by atoms with Gasteiger partial charge in [0.25, 0.3) is 0 Å². The van der Waals surface area contributed by atoms with Gasteiger partial charge in [-0.3, -0.25) is 9.78 Å². The molecule has 0 saturated carbocycles. The zero-order valence-electron chi connectivity index (χ0n) is 11.5. The predicted molar refractivity (Wildman–Crippen MR) is 88.0 cm³/mol. The number of rotatable bonds is 5. The molecule has 20 heavy (non-hydrogen) atoms. The Kier molecular flexibility index (Phi) is 5.31. The molecule has 1 unspecified atom stereocenters. The smallest absolute Gasteiger partial charge is 0.319 e. The summed E-state index contributed by atoms with van der Waals surface area (Å²) in [5, 5.41) is 4.45. The highest BCUT2D eigenvalue weighted by atomic mass is 127. The second kappa shape index (κ2) is 6.99. The standard InChI is InChI=1S/C15H17IN2O2/c1-10-7-11(8-17-9-13(16)15(19)20-2)12-5-3-4-6-14(12)18-10/h3-7,13,17H,8-9H2,1-2H3. The second-order valence-corrected chi connectivity index (χ2v) is 6.07.